The predicted octanol–water partition coefficient (Wildman–Crippen LogP) is 2.49. The molecule has 0 amide bonds. The minimum Gasteiger partial charge on any atom is -0.265 e. The Morgan fingerprint density at radius 2 is 2.07 bits per heavy atom. The second-order valence-corrected chi connectivity index (χ2v) is 4.34. The summed E-state index contributed by atoms with van der Waals surface area (Å²) in [6.45, 7) is 2.12. The molecule has 0 aliphatic carbocycles. The van der Waals surface area contributed by atoms with Gasteiger partial charge in [-0.2, -0.15) is 5.10 Å². The van der Waals surface area contributed by atoms with E-state index in [1.165, 1.54) is 5.56 Å². The molecule has 0 aromatic carbocycles. The van der Waals surface area contributed by atoms with Gasteiger partial charge in [0.15, 0.2) is 0 Å². The Labute approximate surface area is 96.3 Å². The fourth-order valence-electron chi connectivity index (χ4n) is 1.32. The molecule has 2 aromatic heterocycles. The molecule has 4 heteroatoms. The van der Waals surface area contributed by atoms with Gasteiger partial charge in [0.1, 0.15) is 0 Å². The summed E-state index contributed by atoms with van der Waals surface area (Å²) in [5.74, 6) is 0. The number of hydrogen-bond acceptors (Lipinski definition) is 2. The second-order valence-electron chi connectivity index (χ2n) is 3.10. The molecule has 0 fully saturated rings. The maximum atomic E-state index is 4.28. The molecule has 0 saturated heterocycles. The van der Waals surface area contributed by atoms with Crippen LogP contribution in [0.1, 0.15) is 18.5 Å². The Kier molecular flexibility index (Phi) is 2.81. The zero-order valence-electron chi connectivity index (χ0n) is 7.76. The van der Waals surface area contributed by atoms with E-state index in [2.05, 4.69) is 39.6 Å². The average molecular weight is 299 g/mol. The Morgan fingerprint density at radius 1 is 1.36 bits per heavy atom. The number of hydrogen-bond donors (Lipinski definition) is 0. The van der Waals surface area contributed by atoms with E-state index in [1.807, 2.05) is 29.2 Å². The Hall–Kier alpha value is -0.910. The van der Waals surface area contributed by atoms with Crippen molar-refractivity contribution in [2.45, 2.75) is 13.0 Å². The van der Waals surface area contributed by atoms with Gasteiger partial charge in [-0.3, -0.25) is 9.67 Å². The van der Waals surface area contributed by atoms with E-state index < -0.39 is 0 Å². The van der Waals surface area contributed by atoms with E-state index in [-0.39, 0.29) is 6.04 Å². The molecule has 0 N–H and O–H groups in total. The van der Waals surface area contributed by atoms with Crippen molar-refractivity contribution in [2.75, 3.05) is 0 Å². The lowest BCUT2D eigenvalue weighted by Crippen LogP contribution is -2.06. The number of nitrogens with zero attached hydrogens (tertiary/aromatic N) is 3. The minimum absolute atomic E-state index is 0.265. The van der Waals surface area contributed by atoms with Crippen LogP contribution < -0.4 is 0 Å². The predicted molar refractivity (Wildman–Crippen MR) is 63.0 cm³/mol. The summed E-state index contributed by atoms with van der Waals surface area (Å²) in [7, 11) is 0. The zero-order valence-corrected chi connectivity index (χ0v) is 9.92. The summed E-state index contributed by atoms with van der Waals surface area (Å²) in [4.78, 5) is 4.00. The van der Waals surface area contributed by atoms with Gasteiger partial charge in [0, 0.05) is 18.6 Å². The van der Waals surface area contributed by atoms with Crippen molar-refractivity contribution in [3.8, 4) is 0 Å². The quantitative estimate of drug-likeness (QED) is 0.798. The lowest BCUT2D eigenvalue weighted by molar-refractivity contribution is 0.564. The van der Waals surface area contributed by atoms with Crippen LogP contribution in [0.4, 0.5) is 0 Å². The van der Waals surface area contributed by atoms with Crippen molar-refractivity contribution in [3.05, 3.63) is 46.1 Å². The third-order valence-electron chi connectivity index (χ3n) is 2.16. The first-order valence-electron chi connectivity index (χ1n) is 4.37. The molecule has 0 spiro atoms. The monoisotopic (exact) mass is 299 g/mol. The smallest absolute Gasteiger partial charge is 0.0741 e. The second kappa shape index (κ2) is 4.08. The van der Waals surface area contributed by atoms with Gasteiger partial charge in [-0.1, -0.05) is 0 Å². The topological polar surface area (TPSA) is 30.7 Å². The number of pyridine rings is 1. The minimum atomic E-state index is 0.265. The van der Waals surface area contributed by atoms with E-state index >= 15 is 0 Å². The molecule has 1 unspecified atom stereocenters. The molecular weight excluding hydrogens is 289 g/mol. The van der Waals surface area contributed by atoms with Crippen LogP contribution in [0.25, 0.3) is 0 Å². The number of halogens is 1. The molecular formula is C10H10IN3. The van der Waals surface area contributed by atoms with Crippen LogP contribution in [-0.4, -0.2) is 14.8 Å². The van der Waals surface area contributed by atoms with Crippen LogP contribution in [0.3, 0.4) is 0 Å². The van der Waals surface area contributed by atoms with E-state index in [1.54, 1.807) is 12.4 Å². The lowest BCUT2D eigenvalue weighted by atomic mass is 10.1. The molecule has 72 valence electrons. The maximum Gasteiger partial charge on any atom is 0.0741 e. The highest BCUT2D eigenvalue weighted by Gasteiger charge is 2.07. The van der Waals surface area contributed by atoms with Gasteiger partial charge in [-0.05, 0) is 47.2 Å². The van der Waals surface area contributed by atoms with Gasteiger partial charge in [-0.25, -0.2) is 0 Å². The molecule has 0 saturated carbocycles. The first kappa shape index (κ1) is 9.64. The Balaban J connectivity index is 2.29. The van der Waals surface area contributed by atoms with E-state index in [0.29, 0.717) is 0 Å². The fourth-order valence-corrected chi connectivity index (χ4v) is 1.73. The van der Waals surface area contributed by atoms with Crippen molar-refractivity contribution in [3.63, 3.8) is 0 Å². The molecule has 0 aliphatic heterocycles. The summed E-state index contributed by atoms with van der Waals surface area (Å²) in [6.07, 6.45) is 7.50. The first-order chi connectivity index (χ1) is 6.77. The highest BCUT2D eigenvalue weighted by molar-refractivity contribution is 14.1. The molecule has 0 aliphatic rings. The summed E-state index contributed by atoms with van der Waals surface area (Å²) < 4.78 is 3.11. The average Bonchev–Trinajstić information content (AvgIpc) is 2.65. The van der Waals surface area contributed by atoms with Gasteiger partial charge in [0.05, 0.1) is 15.8 Å². The summed E-state index contributed by atoms with van der Waals surface area (Å²) >= 11 is 2.26. The van der Waals surface area contributed by atoms with Gasteiger partial charge < -0.3 is 0 Å². The van der Waals surface area contributed by atoms with Crippen molar-refractivity contribution >= 4 is 22.6 Å². The normalized spacial score (nSPS) is 12.7. The maximum absolute atomic E-state index is 4.28. The SMILES string of the molecule is CC(c1ccncc1)n1cc(I)cn1. The van der Waals surface area contributed by atoms with Crippen LogP contribution in [0.5, 0.6) is 0 Å². The molecule has 1 atom stereocenters. The fraction of sp³-hybridized carbons (Fsp3) is 0.200. The Bertz CT molecular complexity index is 410. The molecule has 0 radical (unpaired) electrons. The standard InChI is InChI=1S/C10H10IN3/c1-8(9-2-4-12-5-3-9)14-7-10(11)6-13-14/h2-8H,1H3. The molecule has 2 aromatic rings. The van der Waals surface area contributed by atoms with Crippen LogP contribution in [-0.2, 0) is 0 Å². The van der Waals surface area contributed by atoms with Gasteiger partial charge in [0.25, 0.3) is 0 Å². The largest absolute Gasteiger partial charge is 0.265 e. The number of aromatic nitrogens is 3. The lowest BCUT2D eigenvalue weighted by Gasteiger charge is -2.11. The van der Waals surface area contributed by atoms with Crippen molar-refractivity contribution in [1.29, 1.82) is 0 Å². The van der Waals surface area contributed by atoms with Crippen LogP contribution in [0.15, 0.2) is 36.9 Å². The highest BCUT2D eigenvalue weighted by Crippen LogP contribution is 2.16. The van der Waals surface area contributed by atoms with Gasteiger partial charge >= 0.3 is 0 Å². The molecule has 14 heavy (non-hydrogen) atoms. The number of rotatable bonds is 2. The van der Waals surface area contributed by atoms with Crippen molar-refractivity contribution in [1.82, 2.24) is 14.8 Å². The molecule has 0 bridgehead atoms. The Morgan fingerprint density at radius 3 is 2.64 bits per heavy atom. The third-order valence-corrected chi connectivity index (χ3v) is 2.71. The van der Waals surface area contributed by atoms with E-state index in [0.717, 1.165) is 3.57 Å². The summed E-state index contributed by atoms with van der Waals surface area (Å²) in [6, 6.07) is 4.29. The first-order valence-corrected chi connectivity index (χ1v) is 5.45. The van der Waals surface area contributed by atoms with Crippen LogP contribution in [0, 0.1) is 3.57 Å². The third kappa shape index (κ3) is 1.95. The highest BCUT2D eigenvalue weighted by atomic mass is 127. The summed E-state index contributed by atoms with van der Waals surface area (Å²) in [5.41, 5.74) is 1.22. The van der Waals surface area contributed by atoms with Crippen molar-refractivity contribution < 1.29 is 0 Å². The van der Waals surface area contributed by atoms with Crippen LogP contribution in [0.2, 0.25) is 0 Å². The van der Waals surface area contributed by atoms with E-state index in [4.69, 9.17) is 0 Å². The summed E-state index contributed by atoms with van der Waals surface area (Å²) in [5, 5.41) is 4.28. The van der Waals surface area contributed by atoms with Crippen LogP contribution >= 0.6 is 22.6 Å². The van der Waals surface area contributed by atoms with Crippen molar-refractivity contribution in [2.24, 2.45) is 0 Å². The molecule has 3 nitrogen and oxygen atoms in total. The molecule has 2 rings (SSSR count). The molecule has 2 heterocycles. The van der Waals surface area contributed by atoms with Gasteiger partial charge in [-0.15, -0.1) is 0 Å². The van der Waals surface area contributed by atoms with E-state index in [9.17, 15) is 0 Å². The zero-order chi connectivity index (χ0) is 9.97. The van der Waals surface area contributed by atoms with Gasteiger partial charge in [0.2, 0.25) is 0 Å².